The van der Waals surface area contributed by atoms with E-state index in [9.17, 15) is 4.79 Å². The van der Waals surface area contributed by atoms with E-state index in [1.165, 1.54) is 29.8 Å². The molecule has 4 heteroatoms. The monoisotopic (exact) mass is 383 g/mol. The summed E-state index contributed by atoms with van der Waals surface area (Å²) in [4.78, 5) is 18.6. The molecule has 2 nitrogen and oxygen atoms in total. The summed E-state index contributed by atoms with van der Waals surface area (Å²) in [6, 6.07) is 14.2. The SMILES string of the molecule is O=C1c2cc(Cl)ccc2Sc2ccccc2C12CCN(CC1CC1)CC2. The molecule has 2 aliphatic heterocycles. The number of hydrogen-bond acceptors (Lipinski definition) is 3. The van der Waals surface area contributed by atoms with Gasteiger partial charge in [-0.3, -0.25) is 4.79 Å². The van der Waals surface area contributed by atoms with Crippen molar-refractivity contribution in [1.82, 2.24) is 4.90 Å². The van der Waals surface area contributed by atoms with Crippen LogP contribution in [-0.2, 0) is 5.41 Å². The Bertz CT molecular complexity index is 868. The number of carbonyl (C=O) groups is 1. The van der Waals surface area contributed by atoms with E-state index in [0.717, 1.165) is 42.3 Å². The van der Waals surface area contributed by atoms with Crippen molar-refractivity contribution in [3.63, 3.8) is 0 Å². The minimum absolute atomic E-state index is 0.263. The number of hydrogen-bond donors (Lipinski definition) is 0. The summed E-state index contributed by atoms with van der Waals surface area (Å²) in [5.41, 5.74) is 1.61. The summed E-state index contributed by atoms with van der Waals surface area (Å²) in [7, 11) is 0. The Morgan fingerprint density at radius 2 is 1.85 bits per heavy atom. The Morgan fingerprint density at radius 1 is 1.08 bits per heavy atom. The van der Waals surface area contributed by atoms with Gasteiger partial charge >= 0.3 is 0 Å². The van der Waals surface area contributed by atoms with Gasteiger partial charge in [0.15, 0.2) is 5.78 Å². The van der Waals surface area contributed by atoms with E-state index in [-0.39, 0.29) is 5.78 Å². The first-order chi connectivity index (χ1) is 12.7. The lowest BCUT2D eigenvalue weighted by Crippen LogP contribution is -2.47. The number of ketones is 1. The van der Waals surface area contributed by atoms with Crippen molar-refractivity contribution in [2.24, 2.45) is 5.92 Å². The van der Waals surface area contributed by atoms with Crippen LogP contribution in [0.3, 0.4) is 0 Å². The van der Waals surface area contributed by atoms with Crippen molar-refractivity contribution in [1.29, 1.82) is 0 Å². The van der Waals surface area contributed by atoms with Gasteiger partial charge in [-0.15, -0.1) is 0 Å². The molecule has 1 saturated heterocycles. The second kappa shape index (κ2) is 6.40. The molecular weight excluding hydrogens is 362 g/mol. The maximum Gasteiger partial charge on any atom is 0.174 e. The van der Waals surface area contributed by atoms with Gasteiger partial charge < -0.3 is 4.90 Å². The van der Waals surface area contributed by atoms with Crippen molar-refractivity contribution in [2.45, 2.75) is 40.9 Å². The predicted molar refractivity (Wildman–Crippen MR) is 106 cm³/mol. The van der Waals surface area contributed by atoms with Crippen LogP contribution in [0.5, 0.6) is 0 Å². The molecule has 0 atom stereocenters. The van der Waals surface area contributed by atoms with Crippen molar-refractivity contribution in [3.8, 4) is 0 Å². The number of halogens is 1. The summed E-state index contributed by atoms with van der Waals surface area (Å²) in [6.45, 7) is 3.23. The van der Waals surface area contributed by atoms with Gasteiger partial charge in [0, 0.05) is 26.9 Å². The van der Waals surface area contributed by atoms with Crippen LogP contribution in [0.25, 0.3) is 0 Å². The highest BCUT2D eigenvalue weighted by atomic mass is 35.5. The molecule has 134 valence electrons. The summed E-state index contributed by atoms with van der Waals surface area (Å²) in [6.07, 6.45) is 4.57. The Morgan fingerprint density at radius 3 is 2.62 bits per heavy atom. The number of fused-ring (bicyclic) bond motifs is 3. The van der Waals surface area contributed by atoms with E-state index in [1.807, 2.05) is 18.2 Å². The number of piperidine rings is 1. The van der Waals surface area contributed by atoms with Gasteiger partial charge in [0.25, 0.3) is 0 Å². The van der Waals surface area contributed by atoms with Crippen molar-refractivity contribution >= 4 is 29.1 Å². The molecule has 2 heterocycles. The van der Waals surface area contributed by atoms with E-state index >= 15 is 0 Å². The maximum atomic E-state index is 13.8. The first kappa shape index (κ1) is 16.9. The van der Waals surface area contributed by atoms with Gasteiger partial charge in [0.05, 0.1) is 5.41 Å². The lowest BCUT2D eigenvalue weighted by Gasteiger charge is -2.41. The quantitative estimate of drug-likeness (QED) is 0.689. The number of nitrogens with zero attached hydrogens (tertiary/aromatic N) is 1. The standard InChI is InChI=1S/C22H22ClNOS/c23-16-7-8-19-17(13-16)21(25)22(18-3-1-2-4-20(18)26-19)9-11-24(12-10-22)14-15-5-6-15/h1-4,7-8,13,15H,5-6,9-12,14H2. The van der Waals surface area contributed by atoms with Crippen molar-refractivity contribution in [3.05, 3.63) is 58.6 Å². The molecule has 0 radical (unpaired) electrons. The Labute approximate surface area is 163 Å². The van der Waals surface area contributed by atoms with Crippen LogP contribution >= 0.6 is 23.4 Å². The number of likely N-dealkylation sites (tertiary alicyclic amines) is 1. The fraction of sp³-hybridized carbons (Fsp3) is 0.409. The number of rotatable bonds is 2. The van der Waals surface area contributed by atoms with Gasteiger partial charge in [0.2, 0.25) is 0 Å². The van der Waals surface area contributed by atoms with Crippen LogP contribution in [0.2, 0.25) is 5.02 Å². The first-order valence-electron chi connectivity index (χ1n) is 9.50. The maximum absolute atomic E-state index is 13.8. The molecule has 26 heavy (non-hydrogen) atoms. The third-order valence-corrected chi connectivity index (χ3v) is 7.55. The average molecular weight is 384 g/mol. The molecule has 1 spiro atoms. The van der Waals surface area contributed by atoms with Crippen molar-refractivity contribution in [2.75, 3.05) is 19.6 Å². The van der Waals surface area contributed by atoms with E-state index in [0.29, 0.717) is 5.02 Å². The molecule has 1 aliphatic carbocycles. The lowest BCUT2D eigenvalue weighted by molar-refractivity contribution is 0.0760. The molecule has 3 aliphatic rings. The summed E-state index contributed by atoms with van der Waals surface area (Å²) < 4.78 is 0. The largest absolute Gasteiger partial charge is 0.303 e. The normalized spacial score (nSPS) is 22.0. The molecule has 0 bridgehead atoms. The van der Waals surface area contributed by atoms with Gasteiger partial charge in [-0.25, -0.2) is 0 Å². The van der Waals surface area contributed by atoms with Crippen LogP contribution in [0.1, 0.15) is 41.6 Å². The third kappa shape index (κ3) is 2.81. The second-order valence-electron chi connectivity index (χ2n) is 7.89. The Balaban J connectivity index is 1.57. The topological polar surface area (TPSA) is 20.3 Å². The van der Waals surface area contributed by atoms with Gasteiger partial charge in [0.1, 0.15) is 0 Å². The van der Waals surface area contributed by atoms with Crippen LogP contribution in [0.4, 0.5) is 0 Å². The van der Waals surface area contributed by atoms with Crippen LogP contribution < -0.4 is 0 Å². The molecule has 5 rings (SSSR count). The summed E-state index contributed by atoms with van der Waals surface area (Å²) in [5.74, 6) is 1.16. The predicted octanol–water partition coefficient (Wildman–Crippen LogP) is 5.43. The molecule has 2 aromatic carbocycles. The minimum atomic E-state index is -0.403. The molecule has 0 unspecified atom stereocenters. The first-order valence-corrected chi connectivity index (χ1v) is 10.7. The Hall–Kier alpha value is -1.29. The van der Waals surface area contributed by atoms with Crippen LogP contribution in [-0.4, -0.2) is 30.3 Å². The minimum Gasteiger partial charge on any atom is -0.303 e. The van der Waals surface area contributed by atoms with Crippen molar-refractivity contribution < 1.29 is 4.79 Å². The number of Topliss-reactive ketones (excluding diaryl/α,β-unsaturated/α-hetero) is 1. The third-order valence-electron chi connectivity index (χ3n) is 6.17. The zero-order chi connectivity index (χ0) is 17.7. The summed E-state index contributed by atoms with van der Waals surface area (Å²) in [5, 5.41) is 0.643. The van der Waals surface area contributed by atoms with Gasteiger partial charge in [-0.1, -0.05) is 41.6 Å². The smallest absolute Gasteiger partial charge is 0.174 e. The zero-order valence-electron chi connectivity index (χ0n) is 14.7. The fourth-order valence-electron chi connectivity index (χ4n) is 4.50. The number of benzene rings is 2. The van der Waals surface area contributed by atoms with Gasteiger partial charge in [-0.2, -0.15) is 0 Å². The lowest BCUT2D eigenvalue weighted by atomic mass is 9.68. The van der Waals surface area contributed by atoms with E-state index in [2.05, 4.69) is 29.2 Å². The molecule has 0 aromatic heterocycles. The summed E-state index contributed by atoms with van der Waals surface area (Å²) >= 11 is 7.96. The van der Waals surface area contributed by atoms with Gasteiger partial charge in [-0.05, 0) is 74.5 Å². The average Bonchev–Trinajstić information content (AvgIpc) is 3.48. The molecule has 2 aromatic rings. The van der Waals surface area contributed by atoms with E-state index in [4.69, 9.17) is 11.6 Å². The molecule has 0 amide bonds. The Kier molecular flexibility index (Phi) is 4.15. The molecule has 1 saturated carbocycles. The molecule has 0 N–H and O–H groups in total. The number of carbonyl (C=O) groups excluding carboxylic acids is 1. The highest BCUT2D eigenvalue weighted by molar-refractivity contribution is 7.99. The highest BCUT2D eigenvalue weighted by Gasteiger charge is 2.46. The van der Waals surface area contributed by atoms with E-state index < -0.39 is 5.41 Å². The van der Waals surface area contributed by atoms with Crippen LogP contribution in [0, 0.1) is 5.92 Å². The highest BCUT2D eigenvalue weighted by Crippen LogP contribution is 2.49. The zero-order valence-corrected chi connectivity index (χ0v) is 16.3. The van der Waals surface area contributed by atoms with Crippen LogP contribution in [0.15, 0.2) is 52.3 Å². The second-order valence-corrected chi connectivity index (χ2v) is 9.41. The fourth-order valence-corrected chi connectivity index (χ4v) is 5.82. The molecule has 2 fully saturated rings. The molecular formula is C22H22ClNOS. The van der Waals surface area contributed by atoms with E-state index in [1.54, 1.807) is 11.8 Å².